The molecule has 0 amide bonds. The fourth-order valence-electron chi connectivity index (χ4n) is 3.07. The van der Waals surface area contributed by atoms with Gasteiger partial charge in [0.05, 0.1) is 6.10 Å². The van der Waals surface area contributed by atoms with Crippen LogP contribution >= 0.6 is 0 Å². The second-order valence-electron chi connectivity index (χ2n) is 7.27. The summed E-state index contributed by atoms with van der Waals surface area (Å²) >= 11 is 0. The van der Waals surface area contributed by atoms with Crippen LogP contribution in [0.2, 0.25) is 0 Å². The number of hydrogen-bond acceptors (Lipinski definition) is 1. The third kappa shape index (κ3) is 18.0. The molecular formula is C23H46O. The second kappa shape index (κ2) is 20.7. The van der Waals surface area contributed by atoms with E-state index in [2.05, 4.69) is 32.9 Å². The van der Waals surface area contributed by atoms with Crippen molar-refractivity contribution < 1.29 is 4.74 Å². The fourth-order valence-corrected chi connectivity index (χ4v) is 3.07. The molecule has 1 heteroatoms. The number of allylic oxidation sites excluding steroid dienone is 2. The smallest absolute Gasteiger partial charge is 0.0572 e. The lowest BCUT2D eigenvalue weighted by Crippen LogP contribution is -2.12. The van der Waals surface area contributed by atoms with E-state index in [9.17, 15) is 0 Å². The molecule has 0 N–H and O–H groups in total. The van der Waals surface area contributed by atoms with Crippen LogP contribution in [0.3, 0.4) is 0 Å². The zero-order valence-corrected chi connectivity index (χ0v) is 17.2. The molecule has 0 fully saturated rings. The van der Waals surface area contributed by atoms with E-state index in [0.29, 0.717) is 6.10 Å². The van der Waals surface area contributed by atoms with Crippen molar-refractivity contribution in [2.45, 2.75) is 130 Å². The van der Waals surface area contributed by atoms with E-state index in [1.54, 1.807) is 0 Å². The van der Waals surface area contributed by atoms with E-state index in [1.807, 2.05) is 0 Å². The summed E-state index contributed by atoms with van der Waals surface area (Å²) in [7, 11) is 0. The average Bonchev–Trinajstić information content (AvgIpc) is 2.60. The fraction of sp³-hybridized carbons (Fsp3) is 0.913. The lowest BCUT2D eigenvalue weighted by molar-refractivity contribution is 0.0414. The van der Waals surface area contributed by atoms with Crippen molar-refractivity contribution in [1.29, 1.82) is 0 Å². The van der Waals surface area contributed by atoms with Crippen LogP contribution in [0.5, 0.6) is 0 Å². The summed E-state index contributed by atoms with van der Waals surface area (Å²) < 4.78 is 5.93. The zero-order valence-electron chi connectivity index (χ0n) is 17.2. The molecule has 0 saturated heterocycles. The molecule has 0 aromatic heterocycles. The highest BCUT2D eigenvalue weighted by Crippen LogP contribution is 2.13. The maximum absolute atomic E-state index is 5.93. The molecule has 0 aromatic rings. The van der Waals surface area contributed by atoms with Gasteiger partial charge in [-0.05, 0) is 44.9 Å². The van der Waals surface area contributed by atoms with Gasteiger partial charge >= 0.3 is 0 Å². The topological polar surface area (TPSA) is 9.23 Å². The van der Waals surface area contributed by atoms with E-state index >= 15 is 0 Å². The van der Waals surface area contributed by atoms with Gasteiger partial charge in [-0.2, -0.15) is 0 Å². The Morgan fingerprint density at radius 1 is 0.625 bits per heavy atom. The summed E-state index contributed by atoms with van der Waals surface area (Å²) in [5.41, 5.74) is 0. The Morgan fingerprint density at radius 2 is 1.17 bits per heavy atom. The molecule has 0 aliphatic rings. The van der Waals surface area contributed by atoms with Gasteiger partial charge in [-0.25, -0.2) is 0 Å². The van der Waals surface area contributed by atoms with E-state index in [4.69, 9.17) is 4.74 Å². The van der Waals surface area contributed by atoms with Crippen molar-refractivity contribution in [1.82, 2.24) is 0 Å². The minimum absolute atomic E-state index is 0.508. The first-order chi connectivity index (χ1) is 11.8. The number of ether oxygens (including phenoxy) is 1. The summed E-state index contributed by atoms with van der Waals surface area (Å²) in [5.74, 6) is 0. The summed E-state index contributed by atoms with van der Waals surface area (Å²) in [6.07, 6.45) is 26.7. The van der Waals surface area contributed by atoms with Gasteiger partial charge in [-0.15, -0.1) is 0 Å². The van der Waals surface area contributed by atoms with E-state index in [-0.39, 0.29) is 0 Å². The van der Waals surface area contributed by atoms with Gasteiger partial charge in [0.25, 0.3) is 0 Å². The number of rotatable bonds is 19. The zero-order chi connectivity index (χ0) is 17.7. The van der Waals surface area contributed by atoms with Gasteiger partial charge in [0.2, 0.25) is 0 Å². The highest BCUT2D eigenvalue weighted by Gasteiger charge is 2.05. The summed E-state index contributed by atoms with van der Waals surface area (Å²) in [6.45, 7) is 7.72. The molecule has 0 aliphatic carbocycles. The Labute approximate surface area is 153 Å². The molecule has 0 heterocycles. The monoisotopic (exact) mass is 338 g/mol. The Balaban J connectivity index is 3.27. The van der Waals surface area contributed by atoms with Crippen LogP contribution in [0.4, 0.5) is 0 Å². The van der Waals surface area contributed by atoms with Crippen LogP contribution in [0.1, 0.15) is 124 Å². The minimum Gasteiger partial charge on any atom is -0.378 e. The quantitative estimate of drug-likeness (QED) is 0.170. The molecule has 1 nitrogen and oxygen atoms in total. The first-order valence-electron chi connectivity index (χ1n) is 11.1. The summed E-state index contributed by atoms with van der Waals surface area (Å²) in [5, 5.41) is 0. The van der Waals surface area contributed by atoms with Crippen LogP contribution in [-0.4, -0.2) is 12.7 Å². The van der Waals surface area contributed by atoms with Crippen molar-refractivity contribution in [3.8, 4) is 0 Å². The third-order valence-electron chi connectivity index (χ3n) is 4.84. The molecule has 24 heavy (non-hydrogen) atoms. The van der Waals surface area contributed by atoms with Crippen molar-refractivity contribution in [3.05, 3.63) is 12.2 Å². The number of unbranched alkanes of at least 4 members (excludes halogenated alkanes) is 11. The average molecular weight is 339 g/mol. The molecule has 0 spiro atoms. The first kappa shape index (κ1) is 23.7. The molecular weight excluding hydrogens is 292 g/mol. The van der Waals surface area contributed by atoms with E-state index in [0.717, 1.165) is 6.61 Å². The van der Waals surface area contributed by atoms with Gasteiger partial charge in [0, 0.05) is 6.61 Å². The number of hydrogen-bond donors (Lipinski definition) is 0. The van der Waals surface area contributed by atoms with Crippen molar-refractivity contribution in [3.63, 3.8) is 0 Å². The van der Waals surface area contributed by atoms with Crippen molar-refractivity contribution in [2.24, 2.45) is 0 Å². The molecule has 0 radical (unpaired) electrons. The van der Waals surface area contributed by atoms with Gasteiger partial charge in [0.15, 0.2) is 0 Å². The van der Waals surface area contributed by atoms with Gasteiger partial charge < -0.3 is 4.74 Å². The predicted octanol–water partition coefficient (Wildman–Crippen LogP) is 8.23. The summed E-state index contributed by atoms with van der Waals surface area (Å²) in [4.78, 5) is 0. The highest BCUT2D eigenvalue weighted by molar-refractivity contribution is 4.81. The largest absolute Gasteiger partial charge is 0.378 e. The SMILES string of the molecule is CCCCCCCCC=CCCCCCCC(CC)OCCCC. The van der Waals surface area contributed by atoms with Crippen molar-refractivity contribution in [2.75, 3.05) is 6.61 Å². The molecule has 144 valence electrons. The Bertz CT molecular complexity index is 246. The maximum Gasteiger partial charge on any atom is 0.0572 e. The molecule has 0 aliphatic heterocycles. The lowest BCUT2D eigenvalue weighted by Gasteiger charge is -2.15. The standard InChI is InChI=1S/C23H46O/c1-4-7-9-10-11-12-13-14-15-16-17-18-19-20-21-23(6-3)24-22-8-5-2/h14-15,23H,4-13,16-22H2,1-3H3. The van der Waals surface area contributed by atoms with Crippen LogP contribution < -0.4 is 0 Å². The van der Waals surface area contributed by atoms with Gasteiger partial charge in [-0.1, -0.05) is 90.7 Å². The lowest BCUT2D eigenvalue weighted by atomic mass is 10.1. The Kier molecular flexibility index (Phi) is 20.5. The summed E-state index contributed by atoms with van der Waals surface area (Å²) in [6, 6.07) is 0. The molecule has 0 aromatic carbocycles. The van der Waals surface area contributed by atoms with Crippen molar-refractivity contribution >= 4 is 0 Å². The second-order valence-corrected chi connectivity index (χ2v) is 7.27. The van der Waals surface area contributed by atoms with Gasteiger partial charge in [0.1, 0.15) is 0 Å². The highest BCUT2D eigenvalue weighted by atomic mass is 16.5. The predicted molar refractivity (Wildman–Crippen MR) is 110 cm³/mol. The van der Waals surface area contributed by atoms with E-state index in [1.165, 1.54) is 103 Å². The van der Waals surface area contributed by atoms with Crippen LogP contribution in [0.25, 0.3) is 0 Å². The molecule has 0 rings (SSSR count). The maximum atomic E-state index is 5.93. The van der Waals surface area contributed by atoms with Crippen LogP contribution in [0, 0.1) is 0 Å². The minimum atomic E-state index is 0.508. The molecule has 1 atom stereocenters. The third-order valence-corrected chi connectivity index (χ3v) is 4.84. The van der Waals surface area contributed by atoms with E-state index < -0.39 is 0 Å². The molecule has 0 saturated carbocycles. The Hall–Kier alpha value is -0.300. The van der Waals surface area contributed by atoms with Gasteiger partial charge in [-0.3, -0.25) is 0 Å². The normalized spacial score (nSPS) is 13.0. The first-order valence-corrected chi connectivity index (χ1v) is 11.1. The van der Waals surface area contributed by atoms with Crippen LogP contribution in [0.15, 0.2) is 12.2 Å². The Morgan fingerprint density at radius 3 is 1.75 bits per heavy atom. The molecule has 1 unspecified atom stereocenters. The van der Waals surface area contributed by atoms with Crippen LogP contribution in [-0.2, 0) is 4.74 Å². The molecule has 0 bridgehead atoms.